The Kier molecular flexibility index (Phi) is 3.47. The number of nitrogens with zero attached hydrogens (tertiary/aromatic N) is 2. The zero-order valence-corrected chi connectivity index (χ0v) is 12.6. The maximum absolute atomic E-state index is 13.1. The molecular formula is C15H10BrFN2O2. The first-order valence-electron chi connectivity index (χ1n) is 6.14. The number of halogens is 2. The van der Waals surface area contributed by atoms with Crippen LogP contribution in [0.3, 0.4) is 0 Å². The van der Waals surface area contributed by atoms with E-state index in [1.54, 1.807) is 18.2 Å². The van der Waals surface area contributed by atoms with Crippen molar-refractivity contribution in [2.24, 2.45) is 0 Å². The second-order valence-electron chi connectivity index (χ2n) is 4.57. The summed E-state index contributed by atoms with van der Waals surface area (Å²) in [5.74, 6) is 0.240. The van der Waals surface area contributed by atoms with Crippen LogP contribution in [0.5, 0.6) is 5.75 Å². The maximum Gasteiger partial charge on any atom is 0.261 e. The van der Waals surface area contributed by atoms with Gasteiger partial charge >= 0.3 is 0 Å². The summed E-state index contributed by atoms with van der Waals surface area (Å²) in [5.41, 5.74) is 1.99. The van der Waals surface area contributed by atoms with Crippen molar-refractivity contribution in [2.75, 3.05) is 0 Å². The SMILES string of the molecule is Cc1ccc(-c2nc(-c3ccc(F)cc3Br)no2)c(O)c1. The van der Waals surface area contributed by atoms with Crippen LogP contribution in [0, 0.1) is 12.7 Å². The number of benzene rings is 2. The van der Waals surface area contributed by atoms with Crippen molar-refractivity contribution in [1.29, 1.82) is 0 Å². The summed E-state index contributed by atoms with van der Waals surface area (Å²) in [5, 5.41) is 13.8. The monoisotopic (exact) mass is 348 g/mol. The van der Waals surface area contributed by atoms with Crippen LogP contribution in [0.2, 0.25) is 0 Å². The van der Waals surface area contributed by atoms with Crippen LogP contribution in [-0.2, 0) is 0 Å². The Balaban J connectivity index is 2.03. The van der Waals surface area contributed by atoms with Crippen LogP contribution in [-0.4, -0.2) is 15.2 Å². The lowest BCUT2D eigenvalue weighted by Gasteiger charge is -2.00. The van der Waals surface area contributed by atoms with Crippen LogP contribution in [0.25, 0.3) is 22.8 Å². The lowest BCUT2D eigenvalue weighted by molar-refractivity contribution is 0.425. The van der Waals surface area contributed by atoms with Gasteiger partial charge < -0.3 is 9.63 Å². The zero-order valence-electron chi connectivity index (χ0n) is 11.0. The molecule has 0 atom stereocenters. The summed E-state index contributed by atoms with van der Waals surface area (Å²) in [6, 6.07) is 9.37. The zero-order chi connectivity index (χ0) is 15.0. The van der Waals surface area contributed by atoms with E-state index in [1.165, 1.54) is 12.1 Å². The molecule has 1 heterocycles. The van der Waals surface area contributed by atoms with Crippen molar-refractivity contribution < 1.29 is 14.0 Å². The van der Waals surface area contributed by atoms with Crippen molar-refractivity contribution in [3.05, 3.63) is 52.3 Å². The van der Waals surface area contributed by atoms with Gasteiger partial charge in [0.05, 0.1) is 5.56 Å². The Hall–Kier alpha value is -2.21. The minimum Gasteiger partial charge on any atom is -0.507 e. The fraction of sp³-hybridized carbons (Fsp3) is 0.0667. The fourth-order valence-electron chi connectivity index (χ4n) is 1.94. The molecule has 4 nitrogen and oxygen atoms in total. The number of phenols is 1. The Morgan fingerprint density at radius 3 is 2.62 bits per heavy atom. The van der Waals surface area contributed by atoms with E-state index in [0.29, 0.717) is 21.4 Å². The van der Waals surface area contributed by atoms with E-state index in [2.05, 4.69) is 26.1 Å². The molecule has 0 saturated carbocycles. The molecule has 0 fully saturated rings. The first-order valence-corrected chi connectivity index (χ1v) is 6.93. The first kappa shape index (κ1) is 13.8. The Morgan fingerprint density at radius 1 is 1.14 bits per heavy atom. The molecule has 3 rings (SSSR count). The molecule has 3 aromatic rings. The summed E-state index contributed by atoms with van der Waals surface area (Å²) in [6.45, 7) is 1.87. The molecule has 0 saturated heterocycles. The Labute approximate surface area is 128 Å². The molecule has 106 valence electrons. The van der Waals surface area contributed by atoms with Gasteiger partial charge in [-0.2, -0.15) is 4.98 Å². The summed E-state index contributed by atoms with van der Waals surface area (Å²) < 4.78 is 18.8. The standard InChI is InChI=1S/C15H10BrFN2O2/c1-8-2-4-11(13(20)6-8)15-18-14(19-21-15)10-5-3-9(17)7-12(10)16/h2-7,20H,1H3. The van der Waals surface area contributed by atoms with Gasteiger partial charge in [-0.05, 0) is 58.7 Å². The molecule has 6 heteroatoms. The number of hydrogen-bond acceptors (Lipinski definition) is 4. The normalized spacial score (nSPS) is 10.8. The van der Waals surface area contributed by atoms with Gasteiger partial charge in [-0.1, -0.05) is 11.2 Å². The summed E-state index contributed by atoms with van der Waals surface area (Å²) in [6.07, 6.45) is 0. The average Bonchev–Trinajstić information content (AvgIpc) is 2.87. The number of hydrogen-bond donors (Lipinski definition) is 1. The molecule has 0 aliphatic rings. The second-order valence-corrected chi connectivity index (χ2v) is 5.42. The number of aryl methyl sites for hydroxylation is 1. The van der Waals surface area contributed by atoms with Gasteiger partial charge in [-0.25, -0.2) is 4.39 Å². The topological polar surface area (TPSA) is 59.2 Å². The smallest absolute Gasteiger partial charge is 0.261 e. The number of aromatic nitrogens is 2. The third-order valence-corrected chi connectivity index (χ3v) is 3.64. The van der Waals surface area contributed by atoms with Gasteiger partial charge in [0.1, 0.15) is 11.6 Å². The lowest BCUT2D eigenvalue weighted by Crippen LogP contribution is -1.85. The highest BCUT2D eigenvalue weighted by Crippen LogP contribution is 2.32. The van der Waals surface area contributed by atoms with Gasteiger partial charge in [0.15, 0.2) is 0 Å². The van der Waals surface area contributed by atoms with Crippen LogP contribution in [0.4, 0.5) is 4.39 Å². The molecule has 2 aromatic carbocycles. The fourth-order valence-corrected chi connectivity index (χ4v) is 2.46. The summed E-state index contributed by atoms with van der Waals surface area (Å²) in [7, 11) is 0. The van der Waals surface area contributed by atoms with Gasteiger partial charge in [0, 0.05) is 10.0 Å². The molecule has 1 N–H and O–H groups in total. The van der Waals surface area contributed by atoms with Crippen LogP contribution >= 0.6 is 15.9 Å². The molecule has 0 unspecified atom stereocenters. The molecule has 0 bridgehead atoms. The van der Waals surface area contributed by atoms with Crippen molar-refractivity contribution in [3.8, 4) is 28.6 Å². The van der Waals surface area contributed by atoms with Gasteiger partial charge in [-0.15, -0.1) is 0 Å². The van der Waals surface area contributed by atoms with Gasteiger partial charge in [0.25, 0.3) is 5.89 Å². The quantitative estimate of drug-likeness (QED) is 0.749. The van der Waals surface area contributed by atoms with E-state index >= 15 is 0 Å². The third kappa shape index (κ3) is 2.67. The lowest BCUT2D eigenvalue weighted by atomic mass is 10.1. The third-order valence-electron chi connectivity index (χ3n) is 2.98. The Morgan fingerprint density at radius 2 is 1.90 bits per heavy atom. The van der Waals surface area contributed by atoms with Crippen LogP contribution < -0.4 is 0 Å². The molecule has 0 aliphatic heterocycles. The number of rotatable bonds is 2. The predicted octanol–water partition coefficient (Wildman–Crippen LogP) is 4.32. The van der Waals surface area contributed by atoms with Crippen molar-refractivity contribution in [3.63, 3.8) is 0 Å². The van der Waals surface area contributed by atoms with E-state index < -0.39 is 0 Å². The highest BCUT2D eigenvalue weighted by molar-refractivity contribution is 9.10. The molecule has 0 radical (unpaired) electrons. The van der Waals surface area contributed by atoms with E-state index in [4.69, 9.17) is 4.52 Å². The largest absolute Gasteiger partial charge is 0.507 e. The highest BCUT2D eigenvalue weighted by atomic mass is 79.9. The van der Waals surface area contributed by atoms with Gasteiger partial charge in [0.2, 0.25) is 5.82 Å². The molecule has 0 amide bonds. The van der Waals surface area contributed by atoms with E-state index in [0.717, 1.165) is 5.56 Å². The van der Waals surface area contributed by atoms with E-state index in [-0.39, 0.29) is 17.5 Å². The minimum absolute atomic E-state index is 0.0726. The van der Waals surface area contributed by atoms with Crippen molar-refractivity contribution in [1.82, 2.24) is 10.1 Å². The average molecular weight is 349 g/mol. The molecule has 1 aromatic heterocycles. The molecular weight excluding hydrogens is 339 g/mol. The number of phenolic OH excluding ortho intramolecular Hbond substituents is 1. The Bertz CT molecular complexity index is 751. The number of aromatic hydroxyl groups is 1. The summed E-state index contributed by atoms with van der Waals surface area (Å²) in [4.78, 5) is 4.24. The van der Waals surface area contributed by atoms with E-state index in [9.17, 15) is 9.50 Å². The van der Waals surface area contributed by atoms with Crippen LogP contribution in [0.1, 0.15) is 5.56 Å². The van der Waals surface area contributed by atoms with E-state index in [1.807, 2.05) is 13.0 Å². The van der Waals surface area contributed by atoms with Crippen LogP contribution in [0.15, 0.2) is 45.4 Å². The molecule has 21 heavy (non-hydrogen) atoms. The van der Waals surface area contributed by atoms with Crippen molar-refractivity contribution >= 4 is 15.9 Å². The maximum atomic E-state index is 13.1. The highest BCUT2D eigenvalue weighted by Gasteiger charge is 2.15. The minimum atomic E-state index is -0.356. The second kappa shape index (κ2) is 5.29. The first-order chi connectivity index (χ1) is 10.0. The molecule has 0 aliphatic carbocycles. The molecule has 0 spiro atoms. The predicted molar refractivity (Wildman–Crippen MR) is 79.2 cm³/mol. The van der Waals surface area contributed by atoms with Gasteiger partial charge in [-0.3, -0.25) is 0 Å². The van der Waals surface area contributed by atoms with Crippen molar-refractivity contribution in [2.45, 2.75) is 6.92 Å². The summed E-state index contributed by atoms with van der Waals surface area (Å²) >= 11 is 3.26.